The van der Waals surface area contributed by atoms with Crippen LogP contribution in [0.1, 0.15) is 34.7 Å². The van der Waals surface area contributed by atoms with Crippen molar-refractivity contribution >= 4 is 38.1 Å². The van der Waals surface area contributed by atoms with Crippen LogP contribution in [0.3, 0.4) is 0 Å². The fourth-order valence-corrected chi connectivity index (χ4v) is 5.14. The van der Waals surface area contributed by atoms with Crippen molar-refractivity contribution in [2.24, 2.45) is 0 Å². The average Bonchev–Trinajstić information content (AvgIpc) is 3.31. The highest BCUT2D eigenvalue weighted by atomic mass is 32.2. The molecule has 2 heterocycles. The van der Waals surface area contributed by atoms with Crippen LogP contribution >= 0.6 is 11.3 Å². The Morgan fingerprint density at radius 2 is 1.88 bits per heavy atom. The molecule has 0 radical (unpaired) electrons. The molecule has 0 unspecified atom stereocenters. The lowest BCUT2D eigenvalue weighted by molar-refractivity contribution is -0.115. The van der Waals surface area contributed by atoms with Gasteiger partial charge >= 0.3 is 0 Å². The number of nitrogens with zero attached hydrogens (tertiary/aromatic N) is 1. The van der Waals surface area contributed by atoms with E-state index in [1.807, 2.05) is 17.5 Å². The van der Waals surface area contributed by atoms with Gasteiger partial charge in [0.25, 0.3) is 5.91 Å². The summed E-state index contributed by atoms with van der Waals surface area (Å²) in [6.07, 6.45) is 3.08. The molecule has 1 saturated heterocycles. The standard InChI is InChI=1S/C24H25N3O5S2/c1-34(30,31)20-7-3-6-19(13-20)23(29)25-14-22(28)27-24-26-21(15-33-24)18-5-2-4-17(12-18)16-8-10-32-11-9-16/h2-7,12-13,15-16H,8-11,14H2,1H3,(H,25,29)(H,26,27,28). The zero-order valence-corrected chi connectivity index (χ0v) is 20.2. The van der Waals surface area contributed by atoms with Crippen LogP contribution in [0.2, 0.25) is 0 Å². The lowest BCUT2D eigenvalue weighted by Crippen LogP contribution is -2.32. The minimum absolute atomic E-state index is 0.0424. The van der Waals surface area contributed by atoms with E-state index in [1.165, 1.54) is 41.2 Å². The number of anilines is 1. The number of nitrogens with one attached hydrogen (secondary N) is 2. The lowest BCUT2D eigenvalue weighted by atomic mass is 9.90. The molecule has 0 spiro atoms. The predicted octanol–water partition coefficient (Wildman–Crippen LogP) is 3.48. The number of hydrogen-bond acceptors (Lipinski definition) is 7. The van der Waals surface area contributed by atoms with E-state index in [9.17, 15) is 18.0 Å². The Labute approximate surface area is 202 Å². The molecule has 0 bridgehead atoms. The van der Waals surface area contributed by atoms with Gasteiger partial charge in [-0.2, -0.15) is 0 Å². The highest BCUT2D eigenvalue weighted by Crippen LogP contribution is 2.31. The Morgan fingerprint density at radius 1 is 1.12 bits per heavy atom. The fourth-order valence-electron chi connectivity index (χ4n) is 3.74. The van der Waals surface area contributed by atoms with Gasteiger partial charge in [0, 0.05) is 36.0 Å². The smallest absolute Gasteiger partial charge is 0.251 e. The molecule has 1 aromatic heterocycles. The van der Waals surface area contributed by atoms with E-state index in [-0.39, 0.29) is 17.0 Å². The first-order valence-corrected chi connectivity index (χ1v) is 13.6. The summed E-state index contributed by atoms with van der Waals surface area (Å²) in [5.41, 5.74) is 3.19. The van der Waals surface area contributed by atoms with E-state index >= 15 is 0 Å². The largest absolute Gasteiger partial charge is 0.381 e. The van der Waals surface area contributed by atoms with E-state index < -0.39 is 21.7 Å². The maximum Gasteiger partial charge on any atom is 0.251 e. The number of rotatable bonds is 7. The number of amides is 2. The first kappa shape index (κ1) is 24.1. The van der Waals surface area contributed by atoms with Gasteiger partial charge in [0.15, 0.2) is 15.0 Å². The molecule has 4 rings (SSSR count). The normalized spacial score (nSPS) is 14.5. The van der Waals surface area contributed by atoms with Crippen LogP contribution in [-0.2, 0) is 19.4 Å². The molecule has 2 aromatic carbocycles. The Kier molecular flexibility index (Phi) is 7.40. The van der Waals surface area contributed by atoms with Crippen LogP contribution in [0, 0.1) is 0 Å². The van der Waals surface area contributed by atoms with Crippen molar-refractivity contribution in [2.75, 3.05) is 31.3 Å². The third kappa shape index (κ3) is 6.07. The number of aromatic nitrogens is 1. The second-order valence-electron chi connectivity index (χ2n) is 8.08. The van der Waals surface area contributed by atoms with Gasteiger partial charge in [0.2, 0.25) is 5.91 Å². The molecule has 0 aliphatic carbocycles. The monoisotopic (exact) mass is 499 g/mol. The van der Waals surface area contributed by atoms with E-state index in [2.05, 4.69) is 27.8 Å². The second-order valence-corrected chi connectivity index (χ2v) is 11.0. The molecule has 2 amide bonds. The first-order chi connectivity index (χ1) is 16.3. The van der Waals surface area contributed by atoms with Crippen LogP contribution in [0.25, 0.3) is 11.3 Å². The van der Waals surface area contributed by atoms with E-state index in [1.54, 1.807) is 0 Å². The molecule has 34 heavy (non-hydrogen) atoms. The number of sulfone groups is 1. The van der Waals surface area contributed by atoms with E-state index in [0.717, 1.165) is 43.6 Å². The molecule has 178 valence electrons. The molecule has 2 N–H and O–H groups in total. The van der Waals surface area contributed by atoms with Crippen LogP contribution in [0.15, 0.2) is 58.8 Å². The fraction of sp³-hybridized carbons (Fsp3) is 0.292. The maximum atomic E-state index is 12.3. The van der Waals surface area contributed by atoms with Crippen LogP contribution < -0.4 is 10.6 Å². The zero-order valence-electron chi connectivity index (χ0n) is 18.6. The Hall–Kier alpha value is -3.08. The molecule has 0 saturated carbocycles. The minimum Gasteiger partial charge on any atom is -0.381 e. The van der Waals surface area contributed by atoms with Gasteiger partial charge < -0.3 is 15.4 Å². The number of carbonyl (C=O) groups is 2. The molecule has 1 aliphatic heterocycles. The predicted molar refractivity (Wildman–Crippen MR) is 131 cm³/mol. The molecule has 0 atom stereocenters. The number of benzene rings is 2. The van der Waals surface area contributed by atoms with Gasteiger partial charge in [-0.1, -0.05) is 24.3 Å². The van der Waals surface area contributed by atoms with Crippen molar-refractivity contribution in [1.29, 1.82) is 0 Å². The van der Waals surface area contributed by atoms with Crippen LogP contribution in [0.4, 0.5) is 5.13 Å². The summed E-state index contributed by atoms with van der Waals surface area (Å²) in [6.45, 7) is 1.29. The molecule has 1 fully saturated rings. The SMILES string of the molecule is CS(=O)(=O)c1cccc(C(=O)NCC(=O)Nc2nc(-c3cccc(C4CCOCC4)c3)cs2)c1. The number of carbonyl (C=O) groups excluding carboxylic acids is 2. The summed E-state index contributed by atoms with van der Waals surface area (Å²) in [5, 5.41) is 7.51. The summed E-state index contributed by atoms with van der Waals surface area (Å²) >= 11 is 1.31. The number of hydrogen-bond donors (Lipinski definition) is 2. The van der Waals surface area contributed by atoms with Crippen molar-refractivity contribution in [3.05, 3.63) is 65.0 Å². The molecule has 8 nitrogen and oxygen atoms in total. The van der Waals surface area contributed by atoms with E-state index in [4.69, 9.17) is 4.74 Å². The molecular formula is C24H25N3O5S2. The van der Waals surface area contributed by atoms with Gasteiger partial charge in [0.1, 0.15) is 0 Å². The first-order valence-electron chi connectivity index (χ1n) is 10.8. The quantitative estimate of drug-likeness (QED) is 0.514. The summed E-state index contributed by atoms with van der Waals surface area (Å²) in [7, 11) is -3.43. The third-order valence-electron chi connectivity index (χ3n) is 5.56. The van der Waals surface area contributed by atoms with Crippen molar-refractivity contribution < 1.29 is 22.7 Å². The Morgan fingerprint density at radius 3 is 2.65 bits per heavy atom. The minimum atomic E-state index is -3.43. The highest BCUT2D eigenvalue weighted by Gasteiger charge is 2.17. The lowest BCUT2D eigenvalue weighted by Gasteiger charge is -2.22. The summed E-state index contributed by atoms with van der Waals surface area (Å²) < 4.78 is 28.8. The third-order valence-corrected chi connectivity index (χ3v) is 7.43. The molecule has 3 aromatic rings. The van der Waals surface area contributed by atoms with Gasteiger partial charge in [-0.05, 0) is 48.6 Å². The molecular weight excluding hydrogens is 474 g/mol. The Balaban J connectivity index is 1.35. The summed E-state index contributed by atoms with van der Waals surface area (Å²) in [5.74, 6) is -0.483. The van der Waals surface area contributed by atoms with Crippen molar-refractivity contribution in [3.8, 4) is 11.3 Å². The van der Waals surface area contributed by atoms with Gasteiger partial charge in [-0.15, -0.1) is 11.3 Å². The van der Waals surface area contributed by atoms with E-state index in [0.29, 0.717) is 11.0 Å². The number of thiazole rings is 1. The van der Waals surface area contributed by atoms with Crippen molar-refractivity contribution in [3.63, 3.8) is 0 Å². The van der Waals surface area contributed by atoms with Gasteiger partial charge in [0.05, 0.1) is 17.1 Å². The second kappa shape index (κ2) is 10.5. The number of ether oxygens (including phenoxy) is 1. The van der Waals surface area contributed by atoms with Crippen molar-refractivity contribution in [2.45, 2.75) is 23.7 Å². The summed E-state index contributed by atoms with van der Waals surface area (Å²) in [6, 6.07) is 14.0. The summed E-state index contributed by atoms with van der Waals surface area (Å²) in [4.78, 5) is 29.2. The van der Waals surface area contributed by atoms with Gasteiger partial charge in [-0.25, -0.2) is 13.4 Å². The van der Waals surface area contributed by atoms with Crippen molar-refractivity contribution in [1.82, 2.24) is 10.3 Å². The topological polar surface area (TPSA) is 114 Å². The van der Waals surface area contributed by atoms with Crippen LogP contribution in [-0.4, -0.2) is 51.2 Å². The molecule has 10 heteroatoms. The Bertz CT molecular complexity index is 1300. The zero-order chi connectivity index (χ0) is 24.1. The average molecular weight is 500 g/mol. The van der Waals surface area contributed by atoms with Gasteiger partial charge in [-0.3, -0.25) is 9.59 Å². The maximum absolute atomic E-state index is 12.3. The highest BCUT2D eigenvalue weighted by molar-refractivity contribution is 7.90. The van der Waals surface area contributed by atoms with Crippen LogP contribution in [0.5, 0.6) is 0 Å². The molecule has 1 aliphatic rings.